The van der Waals surface area contributed by atoms with Gasteiger partial charge in [-0.15, -0.1) is 6.58 Å². The molecular weight excluding hydrogens is 292 g/mol. The second kappa shape index (κ2) is 9.26. The van der Waals surface area contributed by atoms with E-state index in [1.807, 2.05) is 37.3 Å². The third-order valence-electron chi connectivity index (χ3n) is 3.11. The van der Waals surface area contributed by atoms with Crippen LogP contribution in [0.25, 0.3) is 5.57 Å². The Morgan fingerprint density at radius 2 is 1.91 bits per heavy atom. The van der Waals surface area contributed by atoms with Gasteiger partial charge in [-0.1, -0.05) is 36.4 Å². The first-order chi connectivity index (χ1) is 11.0. The highest BCUT2D eigenvalue weighted by atomic mass is 16.5. The van der Waals surface area contributed by atoms with Crippen molar-refractivity contribution in [1.82, 2.24) is 0 Å². The van der Waals surface area contributed by atoms with Crippen LogP contribution in [0, 0.1) is 11.8 Å². The number of benzene rings is 1. The molecule has 0 saturated heterocycles. The van der Waals surface area contributed by atoms with Crippen LogP contribution in [0.4, 0.5) is 0 Å². The predicted molar refractivity (Wildman–Crippen MR) is 89.2 cm³/mol. The molecule has 4 heteroatoms. The third kappa shape index (κ3) is 5.84. The molecule has 0 aliphatic heterocycles. The highest BCUT2D eigenvalue weighted by Gasteiger charge is 2.16. The van der Waals surface area contributed by atoms with Crippen LogP contribution >= 0.6 is 0 Å². The van der Waals surface area contributed by atoms with Gasteiger partial charge in [0.15, 0.2) is 6.10 Å². The lowest BCUT2D eigenvalue weighted by Crippen LogP contribution is -2.17. The van der Waals surface area contributed by atoms with Crippen molar-refractivity contribution in [2.45, 2.75) is 26.4 Å². The molecule has 0 spiro atoms. The van der Waals surface area contributed by atoms with Gasteiger partial charge < -0.3 is 9.47 Å². The van der Waals surface area contributed by atoms with Crippen molar-refractivity contribution >= 4 is 17.5 Å². The van der Waals surface area contributed by atoms with Crippen LogP contribution in [0.15, 0.2) is 48.6 Å². The topological polar surface area (TPSA) is 52.6 Å². The maximum Gasteiger partial charge on any atom is 0.384 e. The molecule has 1 atom stereocenters. The minimum Gasteiger partial charge on any atom is -0.459 e. The number of allylic oxidation sites excluding steroid dienone is 2. The highest BCUT2D eigenvalue weighted by Crippen LogP contribution is 2.25. The van der Waals surface area contributed by atoms with Crippen molar-refractivity contribution in [3.8, 4) is 11.8 Å². The van der Waals surface area contributed by atoms with E-state index in [4.69, 9.17) is 4.74 Å². The first-order valence-corrected chi connectivity index (χ1v) is 7.12. The van der Waals surface area contributed by atoms with Gasteiger partial charge in [0.05, 0.1) is 7.11 Å². The molecule has 0 aliphatic carbocycles. The van der Waals surface area contributed by atoms with E-state index in [-0.39, 0.29) is 0 Å². The molecule has 0 aromatic heterocycles. The molecule has 0 heterocycles. The lowest BCUT2D eigenvalue weighted by atomic mass is 9.95. The fourth-order valence-corrected chi connectivity index (χ4v) is 2.02. The van der Waals surface area contributed by atoms with Crippen molar-refractivity contribution in [1.29, 1.82) is 0 Å². The number of esters is 2. The van der Waals surface area contributed by atoms with Gasteiger partial charge in [-0.05, 0) is 36.0 Å². The summed E-state index contributed by atoms with van der Waals surface area (Å²) in [6.07, 6.45) is 1.54. The first kappa shape index (κ1) is 18.2. The summed E-state index contributed by atoms with van der Waals surface area (Å²) in [7, 11) is 1.24. The number of carbonyl (C=O) groups excluding carboxylic acids is 2. The molecule has 0 fully saturated rings. The van der Waals surface area contributed by atoms with Gasteiger partial charge in [0, 0.05) is 12.8 Å². The van der Waals surface area contributed by atoms with E-state index in [0.29, 0.717) is 6.42 Å². The average Bonchev–Trinajstić information content (AvgIpc) is 2.56. The fraction of sp³-hybridized carbons (Fsp3) is 0.263. The monoisotopic (exact) mass is 312 g/mol. The van der Waals surface area contributed by atoms with Gasteiger partial charge in [0.1, 0.15) is 0 Å². The molecule has 120 valence electrons. The minimum absolute atomic E-state index is 0.473. The molecule has 0 amide bonds. The zero-order chi connectivity index (χ0) is 17.2. The molecule has 0 radical (unpaired) electrons. The van der Waals surface area contributed by atoms with Gasteiger partial charge in [0.2, 0.25) is 0 Å². The zero-order valence-electron chi connectivity index (χ0n) is 13.6. The van der Waals surface area contributed by atoms with Crippen LogP contribution < -0.4 is 0 Å². The number of carbonyl (C=O) groups is 2. The molecule has 0 bridgehead atoms. The van der Waals surface area contributed by atoms with Crippen LogP contribution in [0.3, 0.4) is 0 Å². The standard InChI is InChI=1S/C19H20O4/c1-5-9-17(16-10-7-6-8-11-16)14(2)18(23-15(3)20)12-13-19(21)22-4/h5-8,10-11,18H,1,9H2,2-4H3/b17-14+. The minimum atomic E-state index is -0.818. The maximum absolute atomic E-state index is 11.3. The second-order valence-corrected chi connectivity index (χ2v) is 4.77. The Labute approximate surface area is 136 Å². The lowest BCUT2D eigenvalue weighted by Gasteiger charge is -2.17. The summed E-state index contributed by atoms with van der Waals surface area (Å²) < 4.78 is 9.74. The highest BCUT2D eigenvalue weighted by molar-refractivity contribution is 5.88. The molecule has 1 rings (SSSR count). The lowest BCUT2D eigenvalue weighted by molar-refractivity contribution is -0.142. The number of hydrogen-bond donors (Lipinski definition) is 0. The van der Waals surface area contributed by atoms with E-state index >= 15 is 0 Å². The van der Waals surface area contributed by atoms with Crippen LogP contribution in [0.2, 0.25) is 0 Å². The van der Waals surface area contributed by atoms with Crippen LogP contribution in [-0.4, -0.2) is 25.2 Å². The molecule has 1 unspecified atom stereocenters. The van der Waals surface area contributed by atoms with E-state index in [0.717, 1.165) is 16.7 Å². The van der Waals surface area contributed by atoms with E-state index in [9.17, 15) is 9.59 Å². The molecule has 0 N–H and O–H groups in total. The van der Waals surface area contributed by atoms with E-state index in [1.54, 1.807) is 6.08 Å². The second-order valence-electron chi connectivity index (χ2n) is 4.77. The Kier molecular flexibility index (Phi) is 7.35. The normalized spacial score (nSPS) is 12.1. The van der Waals surface area contributed by atoms with Crippen molar-refractivity contribution in [3.63, 3.8) is 0 Å². The largest absolute Gasteiger partial charge is 0.459 e. The van der Waals surface area contributed by atoms with E-state index < -0.39 is 18.0 Å². The Bertz CT molecular complexity index is 660. The molecule has 1 aromatic rings. The van der Waals surface area contributed by atoms with Gasteiger partial charge in [-0.25, -0.2) is 4.79 Å². The van der Waals surface area contributed by atoms with Gasteiger partial charge in [-0.3, -0.25) is 4.79 Å². The van der Waals surface area contributed by atoms with Gasteiger partial charge >= 0.3 is 11.9 Å². The molecule has 4 nitrogen and oxygen atoms in total. The Morgan fingerprint density at radius 3 is 2.43 bits per heavy atom. The van der Waals surface area contributed by atoms with Gasteiger partial charge in [-0.2, -0.15) is 0 Å². The molecule has 0 saturated carbocycles. The number of rotatable bonds is 5. The summed E-state index contributed by atoms with van der Waals surface area (Å²) in [5.74, 6) is 3.82. The molecule has 0 aliphatic rings. The predicted octanol–water partition coefficient (Wildman–Crippen LogP) is 3.14. The van der Waals surface area contributed by atoms with Crippen molar-refractivity contribution in [2.75, 3.05) is 7.11 Å². The third-order valence-corrected chi connectivity index (χ3v) is 3.11. The summed E-state index contributed by atoms with van der Waals surface area (Å²) in [5, 5.41) is 0. The summed E-state index contributed by atoms with van der Waals surface area (Å²) >= 11 is 0. The van der Waals surface area contributed by atoms with Crippen molar-refractivity contribution in [3.05, 3.63) is 54.1 Å². The quantitative estimate of drug-likeness (QED) is 0.363. The summed E-state index contributed by atoms with van der Waals surface area (Å²) in [4.78, 5) is 22.6. The van der Waals surface area contributed by atoms with Crippen molar-refractivity contribution in [2.24, 2.45) is 0 Å². The zero-order valence-corrected chi connectivity index (χ0v) is 13.6. The molecular formula is C19H20O4. The smallest absolute Gasteiger partial charge is 0.384 e. The van der Waals surface area contributed by atoms with Crippen LogP contribution in [0.1, 0.15) is 25.8 Å². The van der Waals surface area contributed by atoms with E-state index in [2.05, 4.69) is 23.2 Å². The van der Waals surface area contributed by atoms with E-state index in [1.165, 1.54) is 14.0 Å². The summed E-state index contributed by atoms with van der Waals surface area (Å²) in [5.41, 5.74) is 2.69. The van der Waals surface area contributed by atoms with Crippen molar-refractivity contribution < 1.29 is 19.1 Å². The summed E-state index contributed by atoms with van der Waals surface area (Å²) in [6.45, 7) is 6.89. The number of methoxy groups -OCH3 is 1. The Hall–Kier alpha value is -2.80. The summed E-state index contributed by atoms with van der Waals surface area (Å²) in [6, 6.07) is 9.69. The SMILES string of the molecule is C=CC/C(=C(/C)C(C#CC(=O)OC)OC(C)=O)c1ccccc1. The van der Waals surface area contributed by atoms with Gasteiger partial charge in [0.25, 0.3) is 0 Å². The van der Waals surface area contributed by atoms with Crippen LogP contribution in [-0.2, 0) is 19.1 Å². The number of hydrogen-bond acceptors (Lipinski definition) is 4. The maximum atomic E-state index is 11.3. The molecule has 1 aromatic carbocycles. The number of ether oxygens (including phenoxy) is 2. The fourth-order valence-electron chi connectivity index (χ4n) is 2.02. The molecule has 23 heavy (non-hydrogen) atoms. The average molecular weight is 312 g/mol. The Balaban J connectivity index is 3.31. The first-order valence-electron chi connectivity index (χ1n) is 7.12. The van der Waals surface area contributed by atoms with Crippen LogP contribution in [0.5, 0.6) is 0 Å². The Morgan fingerprint density at radius 1 is 1.26 bits per heavy atom.